The standard InChI is InChI=1S/C8H14O3S/c1-11-7(8(9)10)6-3-2-4-12-5-6/h6-7H,2-5H2,1H3,(H,9,10). The second-order valence-corrected chi connectivity index (χ2v) is 4.12. The quantitative estimate of drug-likeness (QED) is 0.727. The van der Waals surface area contributed by atoms with Crippen LogP contribution in [0.2, 0.25) is 0 Å². The summed E-state index contributed by atoms with van der Waals surface area (Å²) in [6.07, 6.45) is 1.50. The van der Waals surface area contributed by atoms with Gasteiger partial charge in [0.1, 0.15) is 0 Å². The average Bonchev–Trinajstić information content (AvgIpc) is 2.07. The lowest BCUT2D eigenvalue weighted by molar-refractivity contribution is -0.151. The zero-order valence-corrected chi connectivity index (χ0v) is 7.97. The molecule has 4 heteroatoms. The van der Waals surface area contributed by atoms with Gasteiger partial charge in [-0.25, -0.2) is 4.79 Å². The maximum Gasteiger partial charge on any atom is 0.333 e. The van der Waals surface area contributed by atoms with Gasteiger partial charge in [0, 0.05) is 13.0 Å². The van der Waals surface area contributed by atoms with Gasteiger partial charge < -0.3 is 9.84 Å². The van der Waals surface area contributed by atoms with E-state index in [0.29, 0.717) is 0 Å². The number of carbonyl (C=O) groups is 1. The molecule has 1 rings (SSSR count). The van der Waals surface area contributed by atoms with Gasteiger partial charge >= 0.3 is 5.97 Å². The maximum atomic E-state index is 10.7. The van der Waals surface area contributed by atoms with E-state index in [-0.39, 0.29) is 5.92 Å². The zero-order valence-electron chi connectivity index (χ0n) is 7.16. The minimum atomic E-state index is -0.829. The van der Waals surface area contributed by atoms with E-state index in [1.165, 1.54) is 7.11 Å². The predicted molar refractivity (Wildman–Crippen MR) is 48.5 cm³/mol. The van der Waals surface area contributed by atoms with Gasteiger partial charge in [-0.2, -0.15) is 11.8 Å². The third kappa shape index (κ3) is 2.38. The summed E-state index contributed by atoms with van der Waals surface area (Å²) in [6.45, 7) is 0. The van der Waals surface area contributed by atoms with Gasteiger partial charge in [0.25, 0.3) is 0 Å². The number of hydrogen-bond donors (Lipinski definition) is 1. The maximum absolute atomic E-state index is 10.7. The lowest BCUT2D eigenvalue weighted by atomic mass is 9.99. The van der Waals surface area contributed by atoms with E-state index in [9.17, 15) is 4.79 Å². The zero-order chi connectivity index (χ0) is 8.97. The molecule has 0 aromatic carbocycles. The predicted octanol–water partition coefficient (Wildman–Crippen LogP) is 1.23. The number of carboxylic acids is 1. The third-order valence-electron chi connectivity index (χ3n) is 2.12. The molecular weight excluding hydrogens is 176 g/mol. The lowest BCUT2D eigenvalue weighted by Gasteiger charge is -2.25. The van der Waals surface area contributed by atoms with Crippen molar-refractivity contribution in [2.24, 2.45) is 5.92 Å². The summed E-state index contributed by atoms with van der Waals surface area (Å²) in [5.41, 5.74) is 0. The minimum Gasteiger partial charge on any atom is -0.479 e. The second-order valence-electron chi connectivity index (χ2n) is 2.97. The van der Waals surface area contributed by atoms with E-state index < -0.39 is 12.1 Å². The number of aliphatic carboxylic acids is 1. The van der Waals surface area contributed by atoms with E-state index in [1.54, 1.807) is 0 Å². The van der Waals surface area contributed by atoms with Crippen molar-refractivity contribution in [1.29, 1.82) is 0 Å². The van der Waals surface area contributed by atoms with Crippen LogP contribution in [0, 0.1) is 5.92 Å². The normalized spacial score (nSPS) is 26.6. The second kappa shape index (κ2) is 4.72. The van der Waals surface area contributed by atoms with Crippen molar-refractivity contribution in [3.63, 3.8) is 0 Å². The molecule has 2 unspecified atom stereocenters. The largest absolute Gasteiger partial charge is 0.479 e. The monoisotopic (exact) mass is 190 g/mol. The number of carboxylic acid groups (broad SMARTS) is 1. The molecule has 0 saturated carbocycles. The summed E-state index contributed by atoms with van der Waals surface area (Å²) in [6, 6.07) is 0. The molecule has 0 amide bonds. The van der Waals surface area contributed by atoms with Gasteiger partial charge in [-0.15, -0.1) is 0 Å². The fourth-order valence-corrected chi connectivity index (χ4v) is 2.68. The Kier molecular flexibility index (Phi) is 3.88. The van der Waals surface area contributed by atoms with Crippen molar-refractivity contribution in [1.82, 2.24) is 0 Å². The molecule has 2 atom stereocenters. The van der Waals surface area contributed by atoms with Crippen LogP contribution in [-0.2, 0) is 9.53 Å². The highest BCUT2D eigenvalue weighted by molar-refractivity contribution is 7.99. The summed E-state index contributed by atoms with van der Waals surface area (Å²) < 4.78 is 4.94. The van der Waals surface area contributed by atoms with Crippen LogP contribution >= 0.6 is 11.8 Å². The lowest BCUT2D eigenvalue weighted by Crippen LogP contribution is -2.34. The van der Waals surface area contributed by atoms with Crippen LogP contribution in [0.15, 0.2) is 0 Å². The Morgan fingerprint density at radius 2 is 2.50 bits per heavy atom. The molecule has 1 fully saturated rings. The molecule has 3 nitrogen and oxygen atoms in total. The first-order chi connectivity index (χ1) is 5.75. The van der Waals surface area contributed by atoms with Crippen molar-refractivity contribution in [2.45, 2.75) is 18.9 Å². The van der Waals surface area contributed by atoms with Crippen molar-refractivity contribution in [2.75, 3.05) is 18.6 Å². The number of methoxy groups -OCH3 is 1. The number of rotatable bonds is 3. The van der Waals surface area contributed by atoms with Gasteiger partial charge in [-0.1, -0.05) is 0 Å². The van der Waals surface area contributed by atoms with Crippen LogP contribution in [0.25, 0.3) is 0 Å². The van der Waals surface area contributed by atoms with Crippen molar-refractivity contribution < 1.29 is 14.6 Å². The van der Waals surface area contributed by atoms with E-state index in [4.69, 9.17) is 9.84 Å². The molecule has 70 valence electrons. The van der Waals surface area contributed by atoms with Crippen LogP contribution in [0.3, 0.4) is 0 Å². The van der Waals surface area contributed by atoms with Crippen LogP contribution in [0.4, 0.5) is 0 Å². The minimum absolute atomic E-state index is 0.200. The molecule has 0 radical (unpaired) electrons. The highest BCUT2D eigenvalue weighted by atomic mass is 32.2. The summed E-state index contributed by atoms with van der Waals surface area (Å²) >= 11 is 1.82. The van der Waals surface area contributed by atoms with Crippen molar-refractivity contribution in [3.05, 3.63) is 0 Å². The van der Waals surface area contributed by atoms with E-state index >= 15 is 0 Å². The molecule has 1 saturated heterocycles. The van der Waals surface area contributed by atoms with Crippen LogP contribution in [-0.4, -0.2) is 35.8 Å². The Hall–Kier alpha value is -0.220. The Morgan fingerprint density at radius 3 is 2.92 bits per heavy atom. The molecule has 0 aromatic rings. The third-order valence-corrected chi connectivity index (χ3v) is 3.36. The fraction of sp³-hybridized carbons (Fsp3) is 0.875. The topological polar surface area (TPSA) is 46.5 Å². The Balaban J connectivity index is 2.46. The number of hydrogen-bond acceptors (Lipinski definition) is 3. The van der Waals surface area contributed by atoms with Gasteiger partial charge in [0.2, 0.25) is 0 Å². The Labute approximate surface area is 76.5 Å². The molecule has 1 heterocycles. The average molecular weight is 190 g/mol. The number of thioether (sulfide) groups is 1. The molecule has 1 aliphatic heterocycles. The highest BCUT2D eigenvalue weighted by Crippen LogP contribution is 2.26. The first kappa shape index (κ1) is 9.86. The van der Waals surface area contributed by atoms with Gasteiger partial charge in [-0.05, 0) is 24.3 Å². The van der Waals surface area contributed by atoms with E-state index in [0.717, 1.165) is 24.3 Å². The summed E-state index contributed by atoms with van der Waals surface area (Å²) in [7, 11) is 1.47. The smallest absolute Gasteiger partial charge is 0.333 e. The molecule has 0 aromatic heterocycles. The summed E-state index contributed by atoms with van der Waals surface area (Å²) in [5, 5.41) is 8.79. The molecule has 0 spiro atoms. The molecular formula is C8H14O3S. The van der Waals surface area contributed by atoms with Crippen molar-refractivity contribution in [3.8, 4) is 0 Å². The van der Waals surface area contributed by atoms with Crippen LogP contribution in [0.5, 0.6) is 0 Å². The van der Waals surface area contributed by atoms with Gasteiger partial charge in [-0.3, -0.25) is 0 Å². The molecule has 1 aliphatic rings. The van der Waals surface area contributed by atoms with Crippen LogP contribution < -0.4 is 0 Å². The molecule has 1 N–H and O–H groups in total. The summed E-state index contributed by atoms with van der Waals surface area (Å²) in [5.74, 6) is 1.45. The van der Waals surface area contributed by atoms with E-state index in [1.807, 2.05) is 11.8 Å². The Morgan fingerprint density at radius 1 is 1.75 bits per heavy atom. The first-order valence-corrected chi connectivity index (χ1v) is 5.24. The van der Waals surface area contributed by atoms with Gasteiger partial charge in [0.15, 0.2) is 6.10 Å². The van der Waals surface area contributed by atoms with Crippen LogP contribution in [0.1, 0.15) is 12.8 Å². The summed E-state index contributed by atoms with van der Waals surface area (Å²) in [4.78, 5) is 10.7. The van der Waals surface area contributed by atoms with Gasteiger partial charge in [0.05, 0.1) is 0 Å². The first-order valence-electron chi connectivity index (χ1n) is 4.09. The van der Waals surface area contributed by atoms with Crippen molar-refractivity contribution >= 4 is 17.7 Å². The van der Waals surface area contributed by atoms with E-state index in [2.05, 4.69) is 0 Å². The Bertz CT molecular complexity index is 154. The number of ether oxygens (including phenoxy) is 1. The fourth-order valence-electron chi connectivity index (χ4n) is 1.50. The molecule has 0 bridgehead atoms. The SMILES string of the molecule is COC(C(=O)O)C1CCCSC1. The molecule has 12 heavy (non-hydrogen) atoms. The molecule has 0 aliphatic carbocycles. The highest BCUT2D eigenvalue weighted by Gasteiger charge is 2.29.